The molecule has 0 aromatic heterocycles. The first-order valence-corrected chi connectivity index (χ1v) is 10.2. The Bertz CT molecular complexity index is 818. The first kappa shape index (κ1) is 20.0. The Balaban J connectivity index is 1.27. The molecule has 2 aliphatic heterocycles. The van der Waals surface area contributed by atoms with E-state index in [-0.39, 0.29) is 41.0 Å². The topological polar surface area (TPSA) is 58.6 Å². The molecule has 0 bridgehead atoms. The summed E-state index contributed by atoms with van der Waals surface area (Å²) in [6.45, 7) is 2.96. The Morgan fingerprint density at radius 2 is 1.90 bits per heavy atom. The van der Waals surface area contributed by atoms with E-state index in [2.05, 4.69) is 5.32 Å². The number of rotatable bonds is 4. The molecule has 1 atom stereocenters. The van der Waals surface area contributed by atoms with Gasteiger partial charge in [0.25, 0.3) is 0 Å². The van der Waals surface area contributed by atoms with E-state index in [1.165, 1.54) is 0 Å². The third kappa shape index (κ3) is 3.81. The number of amides is 2. The van der Waals surface area contributed by atoms with Gasteiger partial charge >= 0.3 is 0 Å². The lowest BCUT2D eigenvalue weighted by Crippen LogP contribution is -2.57. The van der Waals surface area contributed by atoms with Crippen molar-refractivity contribution < 1.29 is 27.5 Å². The van der Waals surface area contributed by atoms with E-state index in [1.54, 1.807) is 6.92 Å². The highest BCUT2D eigenvalue weighted by atomic mass is 19.2. The van der Waals surface area contributed by atoms with Crippen LogP contribution in [0.5, 0.6) is 5.75 Å². The number of likely N-dealkylation sites (tertiary alicyclic amines) is 1. The summed E-state index contributed by atoms with van der Waals surface area (Å²) in [6, 6.07) is 1.94. The second-order valence-electron chi connectivity index (χ2n) is 8.59. The smallest absolute Gasteiger partial charge is 0.225 e. The van der Waals surface area contributed by atoms with Crippen molar-refractivity contribution in [3.63, 3.8) is 0 Å². The van der Waals surface area contributed by atoms with Gasteiger partial charge in [0.1, 0.15) is 0 Å². The van der Waals surface area contributed by atoms with Crippen LogP contribution in [0.2, 0.25) is 0 Å². The Kier molecular flexibility index (Phi) is 5.21. The minimum atomic E-state index is -1.54. The fourth-order valence-corrected chi connectivity index (χ4v) is 4.88. The minimum Gasteiger partial charge on any atom is -0.487 e. The fraction of sp³-hybridized carbons (Fsp3) is 0.619. The maximum absolute atomic E-state index is 13.8. The molecule has 3 aliphatic rings. The quantitative estimate of drug-likeness (QED) is 0.776. The number of carbonyl (C=O) groups is 2. The van der Waals surface area contributed by atoms with Crippen molar-refractivity contribution in [2.45, 2.75) is 57.1 Å². The van der Waals surface area contributed by atoms with Crippen LogP contribution in [0.3, 0.4) is 0 Å². The summed E-state index contributed by atoms with van der Waals surface area (Å²) in [4.78, 5) is 26.0. The van der Waals surface area contributed by atoms with Crippen LogP contribution in [0, 0.1) is 29.3 Å². The molecule has 29 heavy (non-hydrogen) atoms. The maximum Gasteiger partial charge on any atom is 0.225 e. The standard InChI is InChI=1S/C21H25F3N2O3/c1-12(29-16-3-2-15(22)18(23)19(16)24)13-5-8-26(9-6-13)20(28)14-10-21(11-14)7-4-17(27)25-21/h2-3,12-14H,4-11H2,1H3,(H,25,27). The lowest BCUT2D eigenvalue weighted by Gasteiger charge is -2.46. The summed E-state index contributed by atoms with van der Waals surface area (Å²) in [6.07, 6.45) is 3.81. The van der Waals surface area contributed by atoms with Gasteiger partial charge in [0.15, 0.2) is 17.4 Å². The molecule has 5 nitrogen and oxygen atoms in total. The van der Waals surface area contributed by atoms with Crippen LogP contribution < -0.4 is 10.1 Å². The van der Waals surface area contributed by atoms with E-state index >= 15 is 0 Å². The first-order valence-electron chi connectivity index (χ1n) is 10.2. The van der Waals surface area contributed by atoms with Gasteiger partial charge in [0.2, 0.25) is 17.6 Å². The van der Waals surface area contributed by atoms with Gasteiger partial charge in [-0.15, -0.1) is 0 Å². The van der Waals surface area contributed by atoms with Gasteiger partial charge < -0.3 is 15.0 Å². The summed E-state index contributed by atoms with van der Waals surface area (Å²) in [5, 5.41) is 3.00. The van der Waals surface area contributed by atoms with Crippen LogP contribution in [0.4, 0.5) is 13.2 Å². The van der Waals surface area contributed by atoms with Crippen molar-refractivity contribution >= 4 is 11.8 Å². The molecule has 0 radical (unpaired) electrons. The SMILES string of the molecule is CC(Oc1ccc(F)c(F)c1F)C1CCN(C(=O)C2CC3(CCC(=O)N3)C2)CC1. The number of nitrogens with one attached hydrogen (secondary N) is 1. The fourth-order valence-electron chi connectivity index (χ4n) is 4.88. The molecule has 2 heterocycles. The molecule has 4 rings (SSSR count). The van der Waals surface area contributed by atoms with Crippen molar-refractivity contribution in [3.05, 3.63) is 29.6 Å². The highest BCUT2D eigenvalue weighted by Gasteiger charge is 2.51. The molecule has 2 amide bonds. The third-order valence-electron chi connectivity index (χ3n) is 6.69. The van der Waals surface area contributed by atoms with Gasteiger partial charge in [-0.3, -0.25) is 9.59 Å². The van der Waals surface area contributed by atoms with Crippen LogP contribution >= 0.6 is 0 Å². The van der Waals surface area contributed by atoms with E-state index in [0.29, 0.717) is 45.2 Å². The van der Waals surface area contributed by atoms with E-state index in [4.69, 9.17) is 4.74 Å². The highest BCUT2D eigenvalue weighted by molar-refractivity contribution is 5.83. The number of nitrogens with zero attached hydrogens (tertiary/aromatic N) is 1. The van der Waals surface area contributed by atoms with Gasteiger partial charge in [0.05, 0.1) is 6.10 Å². The van der Waals surface area contributed by atoms with Crippen molar-refractivity contribution in [2.24, 2.45) is 11.8 Å². The Labute approximate surface area is 167 Å². The van der Waals surface area contributed by atoms with Crippen LogP contribution in [0.25, 0.3) is 0 Å². The number of carbonyl (C=O) groups excluding carboxylic acids is 2. The van der Waals surface area contributed by atoms with E-state index in [0.717, 1.165) is 18.6 Å². The van der Waals surface area contributed by atoms with Crippen molar-refractivity contribution in [1.82, 2.24) is 10.2 Å². The number of hydrogen-bond donors (Lipinski definition) is 1. The molecule has 158 valence electrons. The van der Waals surface area contributed by atoms with Crippen molar-refractivity contribution in [1.29, 1.82) is 0 Å². The van der Waals surface area contributed by atoms with Crippen LogP contribution in [-0.4, -0.2) is 41.4 Å². The number of hydrogen-bond acceptors (Lipinski definition) is 3. The van der Waals surface area contributed by atoms with Gasteiger partial charge in [-0.2, -0.15) is 4.39 Å². The molecular formula is C21H25F3N2O3. The summed E-state index contributed by atoms with van der Waals surface area (Å²) < 4.78 is 45.8. The monoisotopic (exact) mass is 410 g/mol. The van der Waals surface area contributed by atoms with Crippen LogP contribution in [0.1, 0.15) is 45.4 Å². The van der Waals surface area contributed by atoms with Gasteiger partial charge in [-0.25, -0.2) is 8.78 Å². The zero-order valence-corrected chi connectivity index (χ0v) is 16.3. The molecule has 1 N–H and O–H groups in total. The third-order valence-corrected chi connectivity index (χ3v) is 6.69. The average Bonchev–Trinajstić information content (AvgIpc) is 3.09. The summed E-state index contributed by atoms with van der Waals surface area (Å²) >= 11 is 0. The predicted molar refractivity (Wildman–Crippen MR) is 98.5 cm³/mol. The molecule has 1 saturated carbocycles. The Morgan fingerprint density at radius 3 is 2.52 bits per heavy atom. The lowest BCUT2D eigenvalue weighted by molar-refractivity contribution is -0.143. The predicted octanol–water partition coefficient (Wildman–Crippen LogP) is 3.17. The second kappa shape index (κ2) is 7.54. The highest BCUT2D eigenvalue weighted by Crippen LogP contribution is 2.45. The Hall–Kier alpha value is -2.25. The Morgan fingerprint density at radius 1 is 1.21 bits per heavy atom. The van der Waals surface area contributed by atoms with Gasteiger partial charge in [0, 0.05) is 31.0 Å². The normalized spacial score (nSPS) is 28.2. The van der Waals surface area contributed by atoms with Crippen LogP contribution in [-0.2, 0) is 9.59 Å². The molecule has 2 saturated heterocycles. The average molecular weight is 410 g/mol. The number of benzene rings is 1. The number of halogens is 3. The summed E-state index contributed by atoms with van der Waals surface area (Å²) in [5.41, 5.74) is -0.160. The molecule has 1 aromatic rings. The van der Waals surface area contributed by atoms with E-state index < -0.39 is 17.5 Å². The summed E-state index contributed by atoms with van der Waals surface area (Å²) in [7, 11) is 0. The zero-order chi connectivity index (χ0) is 20.8. The maximum atomic E-state index is 13.8. The molecule has 1 unspecified atom stereocenters. The van der Waals surface area contributed by atoms with Gasteiger partial charge in [-0.05, 0) is 57.1 Å². The zero-order valence-electron chi connectivity index (χ0n) is 16.3. The summed E-state index contributed by atoms with van der Waals surface area (Å²) in [5.74, 6) is -4.13. The minimum absolute atomic E-state index is 0.0325. The van der Waals surface area contributed by atoms with Gasteiger partial charge in [-0.1, -0.05) is 0 Å². The lowest BCUT2D eigenvalue weighted by atomic mass is 9.67. The van der Waals surface area contributed by atoms with E-state index in [1.807, 2.05) is 4.90 Å². The number of ether oxygens (including phenoxy) is 1. The molecule has 1 aromatic carbocycles. The number of piperidine rings is 1. The van der Waals surface area contributed by atoms with Crippen molar-refractivity contribution in [2.75, 3.05) is 13.1 Å². The van der Waals surface area contributed by atoms with Crippen LogP contribution in [0.15, 0.2) is 12.1 Å². The largest absolute Gasteiger partial charge is 0.487 e. The first-order chi connectivity index (χ1) is 13.8. The molecule has 1 aliphatic carbocycles. The van der Waals surface area contributed by atoms with E-state index in [9.17, 15) is 22.8 Å². The van der Waals surface area contributed by atoms with Crippen molar-refractivity contribution in [3.8, 4) is 5.75 Å². The molecule has 1 spiro atoms. The molecule has 3 fully saturated rings. The molecular weight excluding hydrogens is 385 g/mol. The second-order valence-corrected chi connectivity index (χ2v) is 8.59. The molecule has 8 heteroatoms.